The van der Waals surface area contributed by atoms with Crippen molar-refractivity contribution in [2.24, 2.45) is 0 Å². The lowest BCUT2D eigenvalue weighted by Gasteiger charge is -2.29. The van der Waals surface area contributed by atoms with Crippen LogP contribution in [0.3, 0.4) is 0 Å². The fourth-order valence-electron chi connectivity index (χ4n) is 4.86. The van der Waals surface area contributed by atoms with Crippen LogP contribution in [-0.4, -0.2) is 68.5 Å². The van der Waals surface area contributed by atoms with Crippen LogP contribution in [0.1, 0.15) is 149 Å². The number of nitrogens with zero attached hydrogens (tertiary/aromatic N) is 1. The fraction of sp³-hybridized carbons (Fsp3) is 0.912. The second kappa shape index (κ2) is 27.5. The van der Waals surface area contributed by atoms with Gasteiger partial charge in [0, 0.05) is 6.42 Å². The maximum absolute atomic E-state index is 12.6. The third kappa shape index (κ3) is 29.7. The Bertz CT molecular complexity index is 728. The van der Waals surface area contributed by atoms with E-state index in [1.165, 1.54) is 89.9 Å². The smallest absolute Gasteiger partial charge is 0.268 e. The maximum Gasteiger partial charge on any atom is 0.268 e. The molecule has 0 saturated carbocycles. The Kier molecular flexibility index (Phi) is 27.1. The number of hydrogen-bond acceptors (Lipinski definition) is 6. The Hall–Kier alpha value is -0.760. The third-order valence-electron chi connectivity index (χ3n) is 7.75. The molecule has 0 aromatic rings. The quantitative estimate of drug-likeness (QED) is 0.0349. The number of unbranched alkanes of at least 4 members (excludes halogenated alkanes) is 18. The summed E-state index contributed by atoms with van der Waals surface area (Å²) in [5.41, 5.74) is 0. The number of phosphoric ester groups is 1. The molecule has 0 rings (SSSR count). The lowest BCUT2D eigenvalue weighted by Crippen LogP contribution is -2.45. The molecule has 43 heavy (non-hydrogen) atoms. The highest BCUT2D eigenvalue weighted by Crippen LogP contribution is 2.38. The number of rotatable bonds is 31. The molecule has 8 nitrogen and oxygen atoms in total. The molecule has 0 aliphatic rings. The van der Waals surface area contributed by atoms with Crippen molar-refractivity contribution in [1.29, 1.82) is 0 Å². The van der Waals surface area contributed by atoms with E-state index in [0.717, 1.165) is 38.5 Å². The van der Waals surface area contributed by atoms with E-state index in [1.54, 1.807) is 6.08 Å². The van der Waals surface area contributed by atoms with Crippen LogP contribution in [0, 0.1) is 0 Å². The molecule has 0 aliphatic carbocycles. The Morgan fingerprint density at radius 3 is 1.74 bits per heavy atom. The number of amides is 1. The maximum atomic E-state index is 12.6. The molecule has 0 aliphatic heterocycles. The molecule has 0 radical (unpaired) electrons. The van der Waals surface area contributed by atoms with Crippen LogP contribution in [0.25, 0.3) is 0 Å². The molecule has 0 heterocycles. The van der Waals surface area contributed by atoms with Crippen molar-refractivity contribution in [2.75, 3.05) is 40.9 Å². The summed E-state index contributed by atoms with van der Waals surface area (Å²) >= 11 is 0. The first kappa shape index (κ1) is 42.2. The van der Waals surface area contributed by atoms with Gasteiger partial charge in [-0.05, 0) is 19.3 Å². The summed E-state index contributed by atoms with van der Waals surface area (Å²) in [5.74, 6) is -0.209. The van der Waals surface area contributed by atoms with E-state index in [9.17, 15) is 19.4 Å². The number of hydrogen-bond donors (Lipinski definition) is 2. The lowest BCUT2D eigenvalue weighted by atomic mass is 10.0. The van der Waals surface area contributed by atoms with Gasteiger partial charge < -0.3 is 28.8 Å². The predicted octanol–water partition coefficient (Wildman–Crippen LogP) is 7.83. The van der Waals surface area contributed by atoms with Gasteiger partial charge in [-0.15, -0.1) is 0 Å². The first-order valence-electron chi connectivity index (χ1n) is 17.6. The van der Waals surface area contributed by atoms with Crippen LogP contribution < -0.4 is 10.2 Å². The average Bonchev–Trinajstić information content (AvgIpc) is 2.94. The van der Waals surface area contributed by atoms with Gasteiger partial charge in [-0.25, -0.2) is 0 Å². The highest BCUT2D eigenvalue weighted by atomic mass is 31.2. The summed E-state index contributed by atoms with van der Waals surface area (Å²) in [6.07, 6.45) is 27.0. The monoisotopic (exact) mass is 632 g/mol. The molecule has 256 valence electrons. The summed E-state index contributed by atoms with van der Waals surface area (Å²) in [6, 6.07) is -0.875. The van der Waals surface area contributed by atoms with Gasteiger partial charge in [-0.2, -0.15) is 0 Å². The van der Waals surface area contributed by atoms with E-state index >= 15 is 0 Å². The van der Waals surface area contributed by atoms with Crippen molar-refractivity contribution >= 4 is 13.7 Å². The second-order valence-corrected chi connectivity index (χ2v) is 14.6. The van der Waals surface area contributed by atoms with Crippen molar-refractivity contribution in [3.8, 4) is 0 Å². The first-order chi connectivity index (χ1) is 20.5. The third-order valence-corrected chi connectivity index (χ3v) is 8.71. The summed E-state index contributed by atoms with van der Waals surface area (Å²) in [6.45, 7) is 4.55. The molecule has 0 spiro atoms. The zero-order chi connectivity index (χ0) is 32.2. The minimum absolute atomic E-state index is 0.000909. The lowest BCUT2D eigenvalue weighted by molar-refractivity contribution is -0.870. The van der Waals surface area contributed by atoms with E-state index < -0.39 is 20.0 Å². The van der Waals surface area contributed by atoms with Gasteiger partial charge in [0.1, 0.15) is 13.2 Å². The Balaban J connectivity index is 4.49. The summed E-state index contributed by atoms with van der Waals surface area (Å²) in [5, 5.41) is 13.6. The topological polar surface area (TPSA) is 108 Å². The molecule has 0 aromatic heterocycles. The van der Waals surface area contributed by atoms with Crippen molar-refractivity contribution in [2.45, 2.75) is 161 Å². The van der Waals surface area contributed by atoms with Crippen LogP contribution in [0.2, 0.25) is 0 Å². The molecule has 0 fully saturated rings. The minimum atomic E-state index is -4.56. The molecule has 3 atom stereocenters. The molecular formula is C34H69N2O6P. The summed E-state index contributed by atoms with van der Waals surface area (Å²) in [4.78, 5) is 24.9. The van der Waals surface area contributed by atoms with Crippen LogP contribution in [0.5, 0.6) is 0 Å². The molecule has 0 saturated heterocycles. The fourth-order valence-corrected chi connectivity index (χ4v) is 5.58. The molecule has 0 bridgehead atoms. The number of nitrogens with one attached hydrogen (secondary N) is 1. The highest BCUT2D eigenvalue weighted by molar-refractivity contribution is 7.45. The second-order valence-electron chi connectivity index (χ2n) is 13.2. The Morgan fingerprint density at radius 1 is 0.791 bits per heavy atom. The highest BCUT2D eigenvalue weighted by Gasteiger charge is 2.23. The number of aliphatic hydroxyl groups excluding tert-OH is 1. The van der Waals surface area contributed by atoms with Crippen LogP contribution in [0.15, 0.2) is 12.2 Å². The van der Waals surface area contributed by atoms with Gasteiger partial charge in [-0.3, -0.25) is 9.36 Å². The number of carbonyl (C=O) groups is 1. The van der Waals surface area contributed by atoms with E-state index in [2.05, 4.69) is 19.2 Å². The first-order valence-corrected chi connectivity index (χ1v) is 19.0. The molecule has 3 unspecified atom stereocenters. The van der Waals surface area contributed by atoms with Crippen molar-refractivity contribution in [3.05, 3.63) is 12.2 Å². The van der Waals surface area contributed by atoms with Crippen LogP contribution in [-0.2, 0) is 18.4 Å². The van der Waals surface area contributed by atoms with Crippen LogP contribution >= 0.6 is 7.82 Å². The summed E-state index contributed by atoms with van der Waals surface area (Å²) < 4.78 is 22.9. The zero-order valence-corrected chi connectivity index (χ0v) is 29.6. The number of aliphatic hydroxyl groups is 1. The number of quaternary nitrogens is 1. The van der Waals surface area contributed by atoms with Gasteiger partial charge in [0.25, 0.3) is 7.82 Å². The number of phosphoric acid groups is 1. The SMILES string of the molecule is CCCCCCCCCCCCCCC/C=C/C(O)C(COP(=O)([O-])OCC[N+](C)(C)C)NC(=O)CCCCCCCC. The predicted molar refractivity (Wildman–Crippen MR) is 178 cm³/mol. The van der Waals surface area contributed by atoms with Gasteiger partial charge >= 0.3 is 0 Å². The summed E-state index contributed by atoms with van der Waals surface area (Å²) in [7, 11) is 1.26. The molecule has 2 N–H and O–H groups in total. The molecular weight excluding hydrogens is 563 g/mol. The average molecular weight is 633 g/mol. The van der Waals surface area contributed by atoms with Gasteiger partial charge in [0.15, 0.2) is 0 Å². The number of likely N-dealkylation sites (N-methyl/N-ethyl adjacent to an activating group) is 1. The van der Waals surface area contributed by atoms with Crippen molar-refractivity contribution in [1.82, 2.24) is 5.32 Å². The molecule has 0 aromatic carbocycles. The zero-order valence-electron chi connectivity index (χ0n) is 28.7. The number of allylic oxidation sites excluding steroid dienone is 1. The number of carbonyl (C=O) groups excluding carboxylic acids is 1. The minimum Gasteiger partial charge on any atom is -0.756 e. The van der Waals surface area contributed by atoms with E-state index in [1.807, 2.05) is 27.2 Å². The Labute approximate surface area is 265 Å². The van der Waals surface area contributed by atoms with E-state index in [-0.39, 0.29) is 19.1 Å². The van der Waals surface area contributed by atoms with Crippen molar-refractivity contribution < 1.29 is 32.9 Å². The Morgan fingerprint density at radius 2 is 1.26 bits per heavy atom. The van der Waals surface area contributed by atoms with Crippen LogP contribution in [0.4, 0.5) is 0 Å². The molecule has 9 heteroatoms. The van der Waals surface area contributed by atoms with Gasteiger partial charge in [0.05, 0.1) is 39.9 Å². The molecule has 1 amide bonds. The van der Waals surface area contributed by atoms with E-state index in [0.29, 0.717) is 17.4 Å². The van der Waals surface area contributed by atoms with Gasteiger partial charge in [-0.1, -0.05) is 135 Å². The normalized spacial score (nSPS) is 15.0. The van der Waals surface area contributed by atoms with Gasteiger partial charge in [0.2, 0.25) is 5.91 Å². The standard InChI is InChI=1S/C34H69N2O6P/c1-6-8-10-12-14-15-16-17-18-19-20-21-22-23-25-27-33(37)32(35-34(38)28-26-24-13-11-9-7-2)31-42-43(39,40)41-30-29-36(3,4)5/h25,27,32-33,37H,6-24,26,28-31H2,1-5H3,(H-,35,38,39,40)/b27-25+. The van der Waals surface area contributed by atoms with Crippen molar-refractivity contribution in [3.63, 3.8) is 0 Å². The van der Waals surface area contributed by atoms with E-state index in [4.69, 9.17) is 9.05 Å². The largest absolute Gasteiger partial charge is 0.756 e.